The zero-order chi connectivity index (χ0) is 20.5. The Morgan fingerprint density at radius 2 is 2.07 bits per heavy atom. The summed E-state index contributed by atoms with van der Waals surface area (Å²) in [5.74, 6) is 1.37. The van der Waals surface area contributed by atoms with E-state index in [0.29, 0.717) is 23.6 Å². The molecule has 7 heteroatoms. The molecule has 0 radical (unpaired) electrons. The van der Waals surface area contributed by atoms with Gasteiger partial charge in [-0.2, -0.15) is 5.10 Å². The van der Waals surface area contributed by atoms with Gasteiger partial charge in [0.2, 0.25) is 0 Å². The predicted molar refractivity (Wildman–Crippen MR) is 114 cm³/mol. The minimum Gasteiger partial charge on any atom is -0.300 e. The molecule has 1 saturated heterocycles. The first kappa shape index (κ1) is 19.6. The van der Waals surface area contributed by atoms with Crippen LogP contribution in [0.15, 0.2) is 46.4 Å². The third kappa shape index (κ3) is 4.19. The fourth-order valence-corrected chi connectivity index (χ4v) is 4.51. The van der Waals surface area contributed by atoms with Gasteiger partial charge in [-0.3, -0.25) is 14.3 Å². The zero-order valence-corrected chi connectivity index (χ0v) is 17.3. The Hall–Kier alpha value is -2.67. The van der Waals surface area contributed by atoms with Crippen LogP contribution in [-0.4, -0.2) is 43.2 Å². The predicted octanol–water partition coefficient (Wildman–Crippen LogP) is 2.47. The highest BCUT2D eigenvalue weighted by Gasteiger charge is 2.26. The molecule has 1 fully saturated rings. The Morgan fingerprint density at radius 1 is 1.24 bits per heavy atom. The minimum atomic E-state index is -0.454. The van der Waals surface area contributed by atoms with Crippen molar-refractivity contribution < 1.29 is 0 Å². The standard InChI is InChI=1S/C22H29N5O2/c1-15(2)14-25-7-4-17(10-16(25)3)11-18-5-9-27-19(12-18)20(13-23-27)26-8-6-21(28)24-22(26)29/h5-6,8-9,12-13,15-17H,4,7,10-11,14H2,1-3H3,(H,24,28,29)/t16-,17-/m0/s1. The van der Waals surface area contributed by atoms with E-state index in [1.165, 1.54) is 41.8 Å². The molecule has 0 aliphatic carbocycles. The van der Waals surface area contributed by atoms with Gasteiger partial charge in [-0.15, -0.1) is 0 Å². The van der Waals surface area contributed by atoms with Crippen molar-refractivity contribution >= 4 is 5.52 Å². The summed E-state index contributed by atoms with van der Waals surface area (Å²) >= 11 is 0. The van der Waals surface area contributed by atoms with Crippen LogP contribution in [0.2, 0.25) is 0 Å². The number of rotatable bonds is 5. The third-order valence-corrected chi connectivity index (χ3v) is 5.90. The molecule has 29 heavy (non-hydrogen) atoms. The van der Waals surface area contributed by atoms with Crippen molar-refractivity contribution in [3.05, 3.63) is 63.2 Å². The van der Waals surface area contributed by atoms with Crippen LogP contribution >= 0.6 is 0 Å². The van der Waals surface area contributed by atoms with Crippen LogP contribution in [0.3, 0.4) is 0 Å². The summed E-state index contributed by atoms with van der Waals surface area (Å²) in [4.78, 5) is 28.5. The summed E-state index contributed by atoms with van der Waals surface area (Å²) in [5.41, 5.74) is 1.94. The number of nitrogens with one attached hydrogen (secondary N) is 1. The van der Waals surface area contributed by atoms with Gasteiger partial charge in [-0.1, -0.05) is 13.8 Å². The number of pyridine rings is 1. The van der Waals surface area contributed by atoms with Gasteiger partial charge in [0.15, 0.2) is 0 Å². The smallest absolute Gasteiger partial charge is 0.300 e. The number of hydrogen-bond donors (Lipinski definition) is 1. The Bertz CT molecular complexity index is 1110. The second kappa shape index (κ2) is 7.99. The van der Waals surface area contributed by atoms with Gasteiger partial charge in [0, 0.05) is 31.0 Å². The third-order valence-electron chi connectivity index (χ3n) is 5.90. The summed E-state index contributed by atoms with van der Waals surface area (Å²) in [5, 5.41) is 4.35. The Morgan fingerprint density at radius 3 is 2.79 bits per heavy atom. The Labute approximate surface area is 170 Å². The van der Waals surface area contributed by atoms with Crippen molar-refractivity contribution in [3.8, 4) is 5.69 Å². The van der Waals surface area contributed by atoms with E-state index in [2.05, 4.69) is 47.9 Å². The van der Waals surface area contributed by atoms with Crippen molar-refractivity contribution in [1.29, 1.82) is 0 Å². The number of H-pyrrole nitrogens is 1. The molecule has 0 aromatic carbocycles. The molecule has 0 bridgehead atoms. The molecule has 0 amide bonds. The van der Waals surface area contributed by atoms with E-state index in [1.54, 1.807) is 10.7 Å². The van der Waals surface area contributed by atoms with E-state index in [-0.39, 0.29) is 0 Å². The first-order valence-electron chi connectivity index (χ1n) is 10.4. The van der Waals surface area contributed by atoms with E-state index < -0.39 is 11.2 Å². The molecule has 3 aromatic heterocycles. The summed E-state index contributed by atoms with van der Waals surface area (Å²) in [6.07, 6.45) is 8.56. The number of aromatic nitrogens is 4. The Balaban J connectivity index is 1.55. The number of hydrogen-bond acceptors (Lipinski definition) is 4. The summed E-state index contributed by atoms with van der Waals surface area (Å²) in [6.45, 7) is 9.25. The molecule has 0 spiro atoms. The summed E-state index contributed by atoms with van der Waals surface area (Å²) in [6, 6.07) is 6.20. The molecule has 1 aliphatic rings. The topological polar surface area (TPSA) is 75.4 Å². The molecule has 2 atom stereocenters. The van der Waals surface area contributed by atoms with Crippen LogP contribution in [-0.2, 0) is 6.42 Å². The highest BCUT2D eigenvalue weighted by Crippen LogP contribution is 2.27. The van der Waals surface area contributed by atoms with Gasteiger partial charge in [0.05, 0.1) is 17.4 Å². The first-order chi connectivity index (χ1) is 13.9. The lowest BCUT2D eigenvalue weighted by Gasteiger charge is -2.38. The van der Waals surface area contributed by atoms with Crippen LogP contribution in [0.4, 0.5) is 0 Å². The number of aromatic amines is 1. The molecule has 7 nitrogen and oxygen atoms in total. The SMILES string of the molecule is CC(C)CN1CC[C@H](Cc2ccn3ncc(-n4ccc(=O)[nH]c4=O)c3c2)C[C@@H]1C. The lowest BCUT2D eigenvalue weighted by atomic mass is 9.86. The minimum absolute atomic E-state index is 0.402. The van der Waals surface area contributed by atoms with E-state index in [9.17, 15) is 9.59 Å². The quantitative estimate of drug-likeness (QED) is 0.720. The fraction of sp³-hybridized carbons (Fsp3) is 0.500. The lowest BCUT2D eigenvalue weighted by Crippen LogP contribution is -2.43. The highest BCUT2D eigenvalue weighted by atomic mass is 16.2. The van der Waals surface area contributed by atoms with Crippen molar-refractivity contribution in [1.82, 2.24) is 24.1 Å². The molecule has 0 unspecified atom stereocenters. The van der Waals surface area contributed by atoms with Gasteiger partial charge < -0.3 is 4.90 Å². The van der Waals surface area contributed by atoms with Crippen molar-refractivity contribution in [3.63, 3.8) is 0 Å². The number of piperidine rings is 1. The van der Waals surface area contributed by atoms with E-state index in [1.807, 2.05) is 6.20 Å². The maximum absolute atomic E-state index is 12.2. The second-order valence-corrected chi connectivity index (χ2v) is 8.71. The van der Waals surface area contributed by atoms with Crippen LogP contribution < -0.4 is 11.2 Å². The molecule has 0 saturated carbocycles. The highest BCUT2D eigenvalue weighted by molar-refractivity contribution is 5.64. The molecular formula is C22H29N5O2. The average Bonchev–Trinajstić information content (AvgIpc) is 3.07. The molecule has 154 valence electrons. The van der Waals surface area contributed by atoms with Crippen LogP contribution in [0.5, 0.6) is 0 Å². The van der Waals surface area contributed by atoms with Crippen LogP contribution in [0.1, 0.15) is 39.2 Å². The van der Waals surface area contributed by atoms with E-state index in [0.717, 1.165) is 18.5 Å². The number of fused-ring (bicyclic) bond motifs is 1. The van der Waals surface area contributed by atoms with Crippen molar-refractivity contribution in [2.75, 3.05) is 13.1 Å². The molecule has 4 rings (SSSR count). The first-order valence-corrected chi connectivity index (χ1v) is 10.4. The molecular weight excluding hydrogens is 366 g/mol. The van der Waals surface area contributed by atoms with Gasteiger partial charge in [0.25, 0.3) is 5.56 Å². The second-order valence-electron chi connectivity index (χ2n) is 8.71. The maximum Gasteiger partial charge on any atom is 0.333 e. The zero-order valence-electron chi connectivity index (χ0n) is 17.3. The molecule has 1 N–H and O–H groups in total. The van der Waals surface area contributed by atoms with E-state index in [4.69, 9.17) is 0 Å². The van der Waals surface area contributed by atoms with Crippen LogP contribution in [0.25, 0.3) is 11.2 Å². The maximum atomic E-state index is 12.2. The van der Waals surface area contributed by atoms with Gasteiger partial charge in [-0.25, -0.2) is 9.31 Å². The normalized spacial score (nSPS) is 20.6. The van der Waals surface area contributed by atoms with Crippen LogP contribution in [0, 0.1) is 11.8 Å². The number of nitrogens with zero attached hydrogens (tertiary/aromatic N) is 4. The molecule has 4 heterocycles. The van der Waals surface area contributed by atoms with Crippen molar-refractivity contribution in [2.45, 2.75) is 46.1 Å². The molecule has 1 aliphatic heterocycles. The number of likely N-dealkylation sites (tertiary alicyclic amines) is 1. The summed E-state index contributed by atoms with van der Waals surface area (Å²) in [7, 11) is 0. The monoisotopic (exact) mass is 395 g/mol. The van der Waals surface area contributed by atoms with Gasteiger partial charge in [-0.05, 0) is 62.3 Å². The van der Waals surface area contributed by atoms with Crippen molar-refractivity contribution in [2.24, 2.45) is 11.8 Å². The van der Waals surface area contributed by atoms with E-state index >= 15 is 0 Å². The average molecular weight is 396 g/mol. The van der Waals surface area contributed by atoms with Gasteiger partial charge >= 0.3 is 5.69 Å². The fourth-order valence-electron chi connectivity index (χ4n) is 4.51. The lowest BCUT2D eigenvalue weighted by molar-refractivity contribution is 0.110. The van der Waals surface area contributed by atoms with Gasteiger partial charge in [0.1, 0.15) is 0 Å². The summed E-state index contributed by atoms with van der Waals surface area (Å²) < 4.78 is 3.20. The largest absolute Gasteiger partial charge is 0.333 e. The molecule has 3 aromatic rings. The Kier molecular flexibility index (Phi) is 5.41.